The van der Waals surface area contributed by atoms with Crippen LogP contribution in [0.5, 0.6) is 0 Å². The van der Waals surface area contributed by atoms with Crippen molar-refractivity contribution in [1.82, 2.24) is 9.21 Å². The molecule has 3 heterocycles. The predicted octanol–water partition coefficient (Wildman–Crippen LogP) is 7.23. The number of hydrogen-bond donors (Lipinski definition) is 3. The van der Waals surface area contributed by atoms with E-state index in [1.165, 1.54) is 16.3 Å². The lowest BCUT2D eigenvalue weighted by Gasteiger charge is -2.43. The molecular weight excluding hydrogens is 889 g/mol. The SMILES string of the molecule is C=C1[C@H](C)C[C@H](C)/C=C/C=C/C=C(\C)C(N(C)S(C)(=O)=O)C[C@@H]2CC[C@@H](C)[C@@](O)(O2)C(=O)C(=O)N2CCCC[C@H]2C(=O)O[C@H]([C@H](C)C[C@@H]2CC[C@@H](O)[C@H](OC)C2)CC[C@H](C)/C=C(\C)[C@@H](O)[C@H]1OC. The number of likely N-dealkylation sites (N-methyl/N-ethyl adjacent to an activating group) is 1. The van der Waals surface area contributed by atoms with Crippen molar-refractivity contribution in [2.45, 2.75) is 186 Å². The number of carbonyl (C=O) groups is 3. The first-order valence-corrected chi connectivity index (χ1v) is 27.0. The summed E-state index contributed by atoms with van der Waals surface area (Å²) in [6.07, 6.45) is 16.0. The van der Waals surface area contributed by atoms with Crippen LogP contribution in [0.25, 0.3) is 0 Å². The minimum Gasteiger partial charge on any atom is -0.461 e. The summed E-state index contributed by atoms with van der Waals surface area (Å²) in [5.74, 6) is -5.79. The number of aliphatic hydroxyl groups excluding tert-OH is 2. The molecule has 0 spiro atoms. The normalized spacial score (nSPS) is 39.5. The summed E-state index contributed by atoms with van der Waals surface area (Å²) in [5.41, 5.74) is 2.24. The third kappa shape index (κ3) is 15.2. The lowest BCUT2D eigenvalue weighted by molar-refractivity contribution is -0.264. The Morgan fingerprint density at radius 3 is 2.26 bits per heavy atom. The first kappa shape index (κ1) is 57.6. The lowest BCUT2D eigenvalue weighted by Crippen LogP contribution is -2.61. The van der Waals surface area contributed by atoms with Gasteiger partial charge in [-0.1, -0.05) is 83.2 Å². The van der Waals surface area contributed by atoms with Gasteiger partial charge in [-0.15, -0.1) is 0 Å². The van der Waals surface area contributed by atoms with E-state index in [0.717, 1.165) is 36.7 Å². The summed E-state index contributed by atoms with van der Waals surface area (Å²) in [5, 5.41) is 34.3. The molecule has 15 atom stereocenters. The topological polar surface area (TPSA) is 189 Å². The van der Waals surface area contributed by atoms with Gasteiger partial charge >= 0.3 is 5.97 Å². The maximum absolute atomic E-state index is 14.5. The van der Waals surface area contributed by atoms with E-state index in [-0.39, 0.29) is 55.1 Å². The molecule has 1 saturated carbocycles. The first-order chi connectivity index (χ1) is 31.9. The molecular formula is C53H86N2O12S. The minimum absolute atomic E-state index is 0.0192. The Bertz CT molecular complexity index is 1950. The number of esters is 1. The highest BCUT2D eigenvalue weighted by Gasteiger charge is 2.53. The average molecular weight is 975 g/mol. The number of methoxy groups -OCH3 is 2. The standard InChI is InChI=1S/C53H86N2O12S/c1-33-18-14-13-15-19-35(3)44(54(9)68(12,62)63)32-42-24-22-39(7)53(61,67-42)50(58)51(59)55-27-17-16-20-43(55)52(60)66-46(37(5)30-41-23-25-45(56)47(31-41)64-10)26-21-34(2)29-38(6)48(57)49(65-11)40(8)36(4)28-33/h13-15,18-19,29,33-34,36-37,39,41-49,56-57,61H,8,16-17,20-28,30-32H2,1-7,9-12H3/b15-13+,18-14+,35-19+,38-29+/t33-,34+,36-,37-,39-,41+,42+,43+,44?,45-,46+,47-,48-,49+,53-/m1/s1. The number of Topliss-reactive ketones (excluding diaryl/α,β-unsaturated/α-hetero) is 1. The largest absolute Gasteiger partial charge is 0.461 e. The first-order valence-electron chi connectivity index (χ1n) is 25.1. The molecule has 68 heavy (non-hydrogen) atoms. The number of aliphatic hydroxyl groups is 3. The van der Waals surface area contributed by atoms with Crippen LogP contribution < -0.4 is 0 Å². The molecule has 2 bridgehead atoms. The zero-order chi connectivity index (χ0) is 50.7. The number of cyclic esters (lactones) is 1. The monoisotopic (exact) mass is 975 g/mol. The maximum atomic E-state index is 14.5. The van der Waals surface area contributed by atoms with Crippen LogP contribution in [0.15, 0.2) is 59.8 Å². The van der Waals surface area contributed by atoms with Gasteiger partial charge in [0.05, 0.1) is 24.6 Å². The molecule has 1 amide bonds. The highest BCUT2D eigenvalue weighted by molar-refractivity contribution is 7.88. The van der Waals surface area contributed by atoms with Gasteiger partial charge in [-0.2, -0.15) is 4.31 Å². The third-order valence-corrected chi connectivity index (χ3v) is 16.7. The molecule has 0 aromatic heterocycles. The number of ether oxygens (including phenoxy) is 4. The fraction of sp³-hybridized carbons (Fsp3) is 0.755. The Hall–Kier alpha value is -3.02. The Morgan fingerprint density at radius 2 is 1.60 bits per heavy atom. The van der Waals surface area contributed by atoms with Crippen molar-refractivity contribution in [1.29, 1.82) is 0 Å². The van der Waals surface area contributed by atoms with E-state index in [2.05, 4.69) is 40.3 Å². The van der Waals surface area contributed by atoms with Gasteiger partial charge in [-0.05, 0) is 138 Å². The van der Waals surface area contributed by atoms with Crippen LogP contribution in [-0.2, 0) is 43.4 Å². The van der Waals surface area contributed by atoms with Crippen LogP contribution in [0, 0.1) is 35.5 Å². The quantitative estimate of drug-likeness (QED) is 0.132. The van der Waals surface area contributed by atoms with E-state index in [0.29, 0.717) is 56.9 Å². The van der Waals surface area contributed by atoms with Crippen molar-refractivity contribution in [3.63, 3.8) is 0 Å². The smallest absolute Gasteiger partial charge is 0.329 e. The van der Waals surface area contributed by atoms with Crippen molar-refractivity contribution in [2.75, 3.05) is 34.1 Å². The van der Waals surface area contributed by atoms with E-state index < -0.39 is 82.0 Å². The highest BCUT2D eigenvalue weighted by atomic mass is 32.2. The number of nitrogens with zero attached hydrogens (tertiary/aromatic N) is 2. The fourth-order valence-electron chi connectivity index (χ4n) is 10.8. The minimum atomic E-state index is -3.69. The molecule has 0 radical (unpaired) electrons. The Labute approximate surface area is 408 Å². The molecule has 15 heteroatoms. The van der Waals surface area contributed by atoms with Crippen molar-refractivity contribution >= 4 is 27.7 Å². The lowest BCUT2D eigenvalue weighted by atomic mass is 9.78. The van der Waals surface area contributed by atoms with Crippen molar-refractivity contribution in [3.8, 4) is 0 Å². The van der Waals surface area contributed by atoms with Gasteiger partial charge in [0.2, 0.25) is 15.8 Å². The Kier molecular flexibility index (Phi) is 21.9. The second-order valence-electron chi connectivity index (χ2n) is 20.9. The third-order valence-electron chi connectivity index (χ3n) is 15.4. The molecule has 386 valence electrons. The second kappa shape index (κ2) is 25.9. The van der Waals surface area contributed by atoms with Gasteiger partial charge in [0.15, 0.2) is 0 Å². The molecule has 14 nitrogen and oxygen atoms in total. The van der Waals surface area contributed by atoms with E-state index in [4.69, 9.17) is 18.9 Å². The number of carbonyl (C=O) groups excluding carboxylic acids is 3. The van der Waals surface area contributed by atoms with Gasteiger partial charge in [-0.25, -0.2) is 13.2 Å². The van der Waals surface area contributed by atoms with Crippen molar-refractivity contribution < 1.29 is 57.1 Å². The summed E-state index contributed by atoms with van der Waals surface area (Å²) in [4.78, 5) is 44.4. The molecule has 2 saturated heterocycles. The number of hydrogen-bond acceptors (Lipinski definition) is 12. The Morgan fingerprint density at radius 1 is 0.897 bits per heavy atom. The molecule has 0 aromatic rings. The fourth-order valence-corrected chi connectivity index (χ4v) is 11.5. The molecule has 1 aliphatic carbocycles. The van der Waals surface area contributed by atoms with E-state index in [1.54, 1.807) is 21.1 Å². The van der Waals surface area contributed by atoms with Crippen LogP contribution in [0.3, 0.4) is 0 Å². The molecule has 4 rings (SSSR count). The maximum Gasteiger partial charge on any atom is 0.329 e. The zero-order valence-corrected chi connectivity index (χ0v) is 43.8. The molecule has 4 aliphatic rings. The number of sulfonamides is 1. The van der Waals surface area contributed by atoms with Crippen molar-refractivity contribution in [2.24, 2.45) is 35.5 Å². The number of rotatable bonds is 7. The number of piperidine rings is 1. The second-order valence-corrected chi connectivity index (χ2v) is 23.0. The number of allylic oxidation sites excluding steroid dienone is 6. The van der Waals surface area contributed by atoms with Gasteiger partial charge in [-0.3, -0.25) is 9.59 Å². The van der Waals surface area contributed by atoms with E-state index >= 15 is 0 Å². The van der Waals surface area contributed by atoms with Crippen LogP contribution in [0.4, 0.5) is 0 Å². The summed E-state index contributed by atoms with van der Waals surface area (Å²) in [6, 6.07) is -1.75. The molecule has 0 aromatic carbocycles. The summed E-state index contributed by atoms with van der Waals surface area (Å²) in [7, 11) is 0.978. The summed E-state index contributed by atoms with van der Waals surface area (Å²) < 4.78 is 51.3. The van der Waals surface area contributed by atoms with Crippen LogP contribution in [0.2, 0.25) is 0 Å². The van der Waals surface area contributed by atoms with Gasteiger partial charge in [0, 0.05) is 39.8 Å². The van der Waals surface area contributed by atoms with Crippen LogP contribution in [-0.4, -0.2) is 139 Å². The van der Waals surface area contributed by atoms with E-state index in [9.17, 15) is 38.1 Å². The zero-order valence-electron chi connectivity index (χ0n) is 43.0. The van der Waals surface area contributed by atoms with Crippen molar-refractivity contribution in [3.05, 3.63) is 59.8 Å². The van der Waals surface area contributed by atoms with Crippen LogP contribution in [0.1, 0.15) is 132 Å². The summed E-state index contributed by atoms with van der Waals surface area (Å²) in [6.45, 7) is 18.2. The molecule has 3 N–H and O–H groups in total. The van der Waals surface area contributed by atoms with Gasteiger partial charge < -0.3 is 39.2 Å². The molecule has 3 aliphatic heterocycles. The average Bonchev–Trinajstić information content (AvgIpc) is 3.29. The summed E-state index contributed by atoms with van der Waals surface area (Å²) >= 11 is 0. The predicted molar refractivity (Wildman–Crippen MR) is 264 cm³/mol. The Balaban J connectivity index is 1.72. The number of fused-ring (bicyclic) bond motifs is 3. The molecule has 1 unspecified atom stereocenters. The van der Waals surface area contributed by atoms with Gasteiger partial charge in [0.1, 0.15) is 24.4 Å². The van der Waals surface area contributed by atoms with E-state index in [1.807, 2.05) is 44.2 Å². The molecule has 3 fully saturated rings. The van der Waals surface area contributed by atoms with Crippen LogP contribution >= 0.6 is 0 Å². The number of amides is 1. The van der Waals surface area contributed by atoms with Gasteiger partial charge in [0.25, 0.3) is 11.7 Å². The number of ketones is 1. The highest BCUT2D eigenvalue weighted by Crippen LogP contribution is 2.38.